The van der Waals surface area contributed by atoms with Crippen LogP contribution in [0.5, 0.6) is 0 Å². The molecule has 42 heavy (non-hydrogen) atoms. The number of nitrogens with zero attached hydrogens (tertiary/aromatic N) is 4. The summed E-state index contributed by atoms with van der Waals surface area (Å²) in [6, 6.07) is 51.1. The van der Waals surface area contributed by atoms with Gasteiger partial charge in [-0.25, -0.2) is 15.0 Å². The summed E-state index contributed by atoms with van der Waals surface area (Å²) >= 11 is 0. The summed E-state index contributed by atoms with van der Waals surface area (Å²) in [6.45, 7) is 0. The molecule has 7 aromatic rings. The topological polar surface area (TPSA) is 62.5 Å². The lowest BCUT2D eigenvalue weighted by Crippen LogP contribution is -2.00. The molecule has 0 N–H and O–H groups in total. The van der Waals surface area contributed by atoms with Crippen LogP contribution in [0, 0.1) is 11.3 Å². The Kier molecular flexibility index (Phi) is 6.52. The fourth-order valence-corrected chi connectivity index (χ4v) is 5.35. The Hall–Kier alpha value is -5.92. The molecule has 0 radical (unpaired) electrons. The maximum Gasteiger partial charge on any atom is 0.164 e. The van der Waals surface area contributed by atoms with Crippen molar-refractivity contribution in [3.63, 3.8) is 0 Å². The van der Waals surface area contributed by atoms with Crippen LogP contribution in [0.4, 0.5) is 0 Å². The third-order valence-corrected chi connectivity index (χ3v) is 7.41. The quantitative estimate of drug-likeness (QED) is 0.220. The highest BCUT2D eigenvalue weighted by atomic mass is 15.0. The molecule has 1 aromatic heterocycles. The first-order valence-electron chi connectivity index (χ1n) is 13.8. The van der Waals surface area contributed by atoms with Crippen molar-refractivity contribution in [2.75, 3.05) is 0 Å². The van der Waals surface area contributed by atoms with Crippen LogP contribution in [0.3, 0.4) is 0 Å². The number of rotatable bonds is 5. The van der Waals surface area contributed by atoms with Gasteiger partial charge < -0.3 is 0 Å². The van der Waals surface area contributed by atoms with Crippen LogP contribution >= 0.6 is 0 Å². The number of aromatic nitrogens is 3. The van der Waals surface area contributed by atoms with E-state index in [9.17, 15) is 5.26 Å². The molecule has 4 heteroatoms. The fourth-order valence-electron chi connectivity index (χ4n) is 5.35. The zero-order chi connectivity index (χ0) is 28.3. The molecule has 0 amide bonds. The van der Waals surface area contributed by atoms with Gasteiger partial charge >= 0.3 is 0 Å². The summed E-state index contributed by atoms with van der Waals surface area (Å²) in [5.74, 6) is 1.91. The standard InChI is InChI=1S/C38H24N4/c39-25-30-15-7-8-16-32(30)34-19-10-18-33-31(17-9-20-35(33)34)26-21-23-29(24-22-26)38-41-36(27-11-3-1-4-12-27)40-37(42-38)28-13-5-2-6-14-28/h1-24H. The average molecular weight is 537 g/mol. The first-order valence-corrected chi connectivity index (χ1v) is 13.8. The average Bonchev–Trinajstić information content (AvgIpc) is 3.08. The number of fused-ring (bicyclic) bond motifs is 1. The van der Waals surface area contributed by atoms with Gasteiger partial charge in [-0.05, 0) is 33.5 Å². The van der Waals surface area contributed by atoms with E-state index >= 15 is 0 Å². The van der Waals surface area contributed by atoms with Crippen molar-refractivity contribution < 1.29 is 0 Å². The summed E-state index contributed by atoms with van der Waals surface area (Å²) in [6.07, 6.45) is 0. The van der Waals surface area contributed by atoms with Gasteiger partial charge in [-0.3, -0.25) is 0 Å². The van der Waals surface area contributed by atoms with Gasteiger partial charge in [0, 0.05) is 22.3 Å². The summed E-state index contributed by atoms with van der Waals surface area (Å²) in [5, 5.41) is 11.9. The predicted octanol–water partition coefficient (Wildman–Crippen LogP) is 9.23. The van der Waals surface area contributed by atoms with E-state index in [1.54, 1.807) is 0 Å². The van der Waals surface area contributed by atoms with E-state index in [1.807, 2.05) is 84.9 Å². The molecule has 0 saturated heterocycles. The molecule has 0 aliphatic carbocycles. The molecule has 0 aliphatic rings. The van der Waals surface area contributed by atoms with Gasteiger partial charge in [-0.15, -0.1) is 0 Å². The Labute approximate surface area is 244 Å². The highest BCUT2D eigenvalue weighted by Crippen LogP contribution is 2.36. The minimum Gasteiger partial charge on any atom is -0.208 e. The first kappa shape index (κ1) is 25.1. The van der Waals surface area contributed by atoms with E-state index < -0.39 is 0 Å². The van der Waals surface area contributed by atoms with Gasteiger partial charge in [-0.1, -0.05) is 140 Å². The third-order valence-electron chi connectivity index (χ3n) is 7.41. The molecule has 0 bridgehead atoms. The molecule has 4 nitrogen and oxygen atoms in total. The maximum atomic E-state index is 9.70. The Balaban J connectivity index is 1.31. The van der Waals surface area contributed by atoms with Gasteiger partial charge in [-0.2, -0.15) is 5.26 Å². The molecule has 7 rings (SSSR count). The largest absolute Gasteiger partial charge is 0.208 e. The molecular formula is C38H24N4. The second kappa shape index (κ2) is 10.9. The van der Waals surface area contributed by atoms with E-state index in [0.717, 1.165) is 49.7 Å². The molecule has 0 fully saturated rings. The molecule has 0 atom stereocenters. The Morgan fingerprint density at radius 3 is 1.36 bits per heavy atom. The number of benzene rings is 6. The summed E-state index contributed by atoms with van der Waals surface area (Å²) in [7, 11) is 0. The van der Waals surface area contributed by atoms with Crippen LogP contribution in [-0.4, -0.2) is 15.0 Å². The zero-order valence-corrected chi connectivity index (χ0v) is 22.6. The smallest absolute Gasteiger partial charge is 0.164 e. The van der Waals surface area contributed by atoms with E-state index in [2.05, 4.69) is 66.7 Å². The zero-order valence-electron chi connectivity index (χ0n) is 22.6. The van der Waals surface area contributed by atoms with E-state index in [1.165, 1.54) is 0 Å². The van der Waals surface area contributed by atoms with E-state index in [4.69, 9.17) is 15.0 Å². The van der Waals surface area contributed by atoms with Gasteiger partial charge in [0.25, 0.3) is 0 Å². The predicted molar refractivity (Wildman–Crippen MR) is 169 cm³/mol. The van der Waals surface area contributed by atoms with Gasteiger partial charge in [0.15, 0.2) is 17.5 Å². The van der Waals surface area contributed by atoms with Crippen LogP contribution < -0.4 is 0 Å². The lowest BCUT2D eigenvalue weighted by Gasteiger charge is -2.13. The number of hydrogen-bond donors (Lipinski definition) is 0. The Morgan fingerprint density at radius 2 is 0.786 bits per heavy atom. The maximum absolute atomic E-state index is 9.70. The molecule has 0 saturated carbocycles. The lowest BCUT2D eigenvalue weighted by molar-refractivity contribution is 1.07. The van der Waals surface area contributed by atoms with Crippen molar-refractivity contribution in [3.8, 4) is 62.5 Å². The van der Waals surface area contributed by atoms with E-state index in [0.29, 0.717) is 23.0 Å². The molecule has 196 valence electrons. The van der Waals surface area contributed by atoms with Crippen LogP contribution in [0.15, 0.2) is 146 Å². The van der Waals surface area contributed by atoms with Gasteiger partial charge in [0.2, 0.25) is 0 Å². The highest BCUT2D eigenvalue weighted by molar-refractivity contribution is 6.05. The molecule has 0 aliphatic heterocycles. The molecular weight excluding hydrogens is 512 g/mol. The van der Waals surface area contributed by atoms with Crippen molar-refractivity contribution in [3.05, 3.63) is 151 Å². The van der Waals surface area contributed by atoms with Crippen LogP contribution in [-0.2, 0) is 0 Å². The van der Waals surface area contributed by atoms with Crippen LogP contribution in [0.1, 0.15) is 5.56 Å². The van der Waals surface area contributed by atoms with Crippen molar-refractivity contribution >= 4 is 10.8 Å². The third kappa shape index (κ3) is 4.70. The molecule has 0 unspecified atom stereocenters. The van der Waals surface area contributed by atoms with Crippen LogP contribution in [0.25, 0.3) is 67.2 Å². The molecule has 1 heterocycles. The van der Waals surface area contributed by atoms with Crippen LogP contribution in [0.2, 0.25) is 0 Å². The first-order chi connectivity index (χ1) is 20.8. The second-order valence-corrected chi connectivity index (χ2v) is 9.98. The minimum atomic E-state index is 0.627. The number of hydrogen-bond acceptors (Lipinski definition) is 4. The van der Waals surface area contributed by atoms with Crippen molar-refractivity contribution in [1.29, 1.82) is 5.26 Å². The van der Waals surface area contributed by atoms with Crippen molar-refractivity contribution in [1.82, 2.24) is 15.0 Å². The van der Waals surface area contributed by atoms with Crippen molar-refractivity contribution in [2.45, 2.75) is 0 Å². The summed E-state index contributed by atoms with van der Waals surface area (Å²) in [5.41, 5.74) is 7.68. The normalized spacial score (nSPS) is 10.8. The van der Waals surface area contributed by atoms with Gasteiger partial charge in [0.05, 0.1) is 11.6 Å². The SMILES string of the molecule is N#Cc1ccccc1-c1cccc2c(-c3ccc(-c4nc(-c5ccccc5)nc(-c5ccccc5)n4)cc3)cccc12. The Bertz CT molecular complexity index is 2020. The summed E-state index contributed by atoms with van der Waals surface area (Å²) in [4.78, 5) is 14.5. The lowest BCUT2D eigenvalue weighted by atomic mass is 9.91. The summed E-state index contributed by atoms with van der Waals surface area (Å²) < 4.78 is 0. The van der Waals surface area contributed by atoms with Crippen molar-refractivity contribution in [2.24, 2.45) is 0 Å². The number of nitriles is 1. The highest BCUT2D eigenvalue weighted by Gasteiger charge is 2.14. The Morgan fingerprint density at radius 1 is 0.357 bits per heavy atom. The minimum absolute atomic E-state index is 0.627. The molecule has 0 spiro atoms. The van der Waals surface area contributed by atoms with Gasteiger partial charge in [0.1, 0.15) is 0 Å². The monoisotopic (exact) mass is 536 g/mol. The fraction of sp³-hybridized carbons (Fsp3) is 0. The second-order valence-electron chi connectivity index (χ2n) is 9.98. The molecule has 6 aromatic carbocycles. The van der Waals surface area contributed by atoms with E-state index in [-0.39, 0.29) is 0 Å².